The molecular formula is C18H32N2O2. The molecule has 2 amide bonds. The fraction of sp³-hybridized carbons (Fsp3) is 0.889. The van der Waals surface area contributed by atoms with E-state index in [1.54, 1.807) is 0 Å². The Labute approximate surface area is 135 Å². The third-order valence-electron chi connectivity index (χ3n) is 5.00. The highest BCUT2D eigenvalue weighted by molar-refractivity contribution is 5.84. The fourth-order valence-corrected chi connectivity index (χ4v) is 4.26. The van der Waals surface area contributed by atoms with Crippen LogP contribution >= 0.6 is 0 Å². The van der Waals surface area contributed by atoms with Crippen molar-refractivity contribution in [3.8, 4) is 0 Å². The highest BCUT2D eigenvalue weighted by atomic mass is 16.2. The lowest BCUT2D eigenvalue weighted by Crippen LogP contribution is -2.44. The summed E-state index contributed by atoms with van der Waals surface area (Å²) in [4.78, 5) is 28.7. The van der Waals surface area contributed by atoms with Gasteiger partial charge in [-0.1, -0.05) is 27.7 Å². The standard InChI is InChI=1S/C18H32N2O2/c1-13-7-14(2)10-19(9-13)17(21)5-6-18(22)20-11-15(3)8-16(4)12-20/h13-16H,5-12H2,1-4H3. The van der Waals surface area contributed by atoms with E-state index >= 15 is 0 Å². The maximum atomic E-state index is 12.4. The quantitative estimate of drug-likeness (QED) is 0.804. The Balaban J connectivity index is 1.79. The van der Waals surface area contributed by atoms with Crippen LogP contribution in [0.5, 0.6) is 0 Å². The number of amides is 2. The Morgan fingerprint density at radius 2 is 0.955 bits per heavy atom. The summed E-state index contributed by atoms with van der Waals surface area (Å²) >= 11 is 0. The molecular weight excluding hydrogens is 276 g/mol. The van der Waals surface area contributed by atoms with Crippen molar-refractivity contribution in [3.63, 3.8) is 0 Å². The molecule has 4 nitrogen and oxygen atoms in total. The Morgan fingerprint density at radius 1 is 0.682 bits per heavy atom. The molecule has 22 heavy (non-hydrogen) atoms. The van der Waals surface area contributed by atoms with Gasteiger partial charge in [-0.2, -0.15) is 0 Å². The number of carbonyl (C=O) groups excluding carboxylic acids is 2. The molecule has 0 bridgehead atoms. The van der Waals surface area contributed by atoms with Gasteiger partial charge in [0, 0.05) is 39.0 Å². The summed E-state index contributed by atoms with van der Waals surface area (Å²) in [5, 5.41) is 0. The van der Waals surface area contributed by atoms with Gasteiger partial charge in [-0.05, 0) is 36.5 Å². The summed E-state index contributed by atoms with van der Waals surface area (Å²) in [5.74, 6) is 2.62. The molecule has 2 rings (SSSR count). The first-order valence-corrected chi connectivity index (χ1v) is 8.90. The normalized spacial score (nSPS) is 32.9. The third-order valence-corrected chi connectivity index (χ3v) is 5.00. The van der Waals surface area contributed by atoms with E-state index in [0.29, 0.717) is 36.5 Å². The number of nitrogens with zero attached hydrogens (tertiary/aromatic N) is 2. The van der Waals surface area contributed by atoms with Gasteiger partial charge in [-0.25, -0.2) is 0 Å². The van der Waals surface area contributed by atoms with Crippen molar-refractivity contribution in [2.45, 2.75) is 53.4 Å². The van der Waals surface area contributed by atoms with E-state index in [9.17, 15) is 9.59 Å². The molecule has 4 heteroatoms. The summed E-state index contributed by atoms with van der Waals surface area (Å²) in [5.41, 5.74) is 0. The summed E-state index contributed by atoms with van der Waals surface area (Å²) < 4.78 is 0. The average molecular weight is 308 g/mol. The van der Waals surface area contributed by atoms with Crippen LogP contribution in [-0.2, 0) is 9.59 Å². The molecule has 0 spiro atoms. The van der Waals surface area contributed by atoms with Gasteiger partial charge in [0.2, 0.25) is 11.8 Å². The molecule has 0 aromatic heterocycles. The summed E-state index contributed by atoms with van der Waals surface area (Å²) in [6.07, 6.45) is 3.15. The highest BCUT2D eigenvalue weighted by Gasteiger charge is 2.28. The van der Waals surface area contributed by atoms with E-state index in [1.165, 1.54) is 12.8 Å². The molecule has 0 N–H and O–H groups in total. The van der Waals surface area contributed by atoms with Crippen LogP contribution in [-0.4, -0.2) is 47.8 Å². The van der Waals surface area contributed by atoms with Gasteiger partial charge in [0.1, 0.15) is 0 Å². The van der Waals surface area contributed by atoms with Crippen LogP contribution in [0.3, 0.4) is 0 Å². The van der Waals surface area contributed by atoms with Gasteiger partial charge in [0.05, 0.1) is 0 Å². The molecule has 4 atom stereocenters. The topological polar surface area (TPSA) is 40.6 Å². The maximum absolute atomic E-state index is 12.4. The largest absolute Gasteiger partial charge is 0.342 e. The lowest BCUT2D eigenvalue weighted by atomic mass is 9.91. The third kappa shape index (κ3) is 4.72. The molecule has 2 aliphatic rings. The molecule has 2 aliphatic heterocycles. The first kappa shape index (κ1) is 17.3. The van der Waals surface area contributed by atoms with Crippen molar-refractivity contribution in [2.75, 3.05) is 26.2 Å². The number of hydrogen-bond donors (Lipinski definition) is 0. The zero-order valence-electron chi connectivity index (χ0n) is 14.7. The first-order chi connectivity index (χ1) is 10.3. The monoisotopic (exact) mass is 308 g/mol. The van der Waals surface area contributed by atoms with Gasteiger partial charge in [-0.3, -0.25) is 9.59 Å². The Kier molecular flexibility index (Phi) is 5.87. The Hall–Kier alpha value is -1.06. The van der Waals surface area contributed by atoms with Crippen molar-refractivity contribution in [2.24, 2.45) is 23.7 Å². The van der Waals surface area contributed by atoms with Crippen LogP contribution in [0.4, 0.5) is 0 Å². The number of carbonyl (C=O) groups is 2. The van der Waals surface area contributed by atoms with E-state index < -0.39 is 0 Å². The van der Waals surface area contributed by atoms with Crippen LogP contribution in [0, 0.1) is 23.7 Å². The van der Waals surface area contributed by atoms with Crippen molar-refractivity contribution >= 4 is 11.8 Å². The second-order valence-electron chi connectivity index (χ2n) is 7.99. The van der Waals surface area contributed by atoms with Crippen LogP contribution in [0.25, 0.3) is 0 Å². The maximum Gasteiger partial charge on any atom is 0.223 e. The van der Waals surface area contributed by atoms with E-state index in [4.69, 9.17) is 0 Å². The second kappa shape index (κ2) is 7.47. The molecule has 0 radical (unpaired) electrons. The minimum atomic E-state index is 0.157. The van der Waals surface area contributed by atoms with Gasteiger partial charge in [0.25, 0.3) is 0 Å². The lowest BCUT2D eigenvalue weighted by molar-refractivity contribution is -0.139. The molecule has 126 valence electrons. The molecule has 0 aromatic carbocycles. The predicted molar refractivity (Wildman–Crippen MR) is 88.3 cm³/mol. The smallest absolute Gasteiger partial charge is 0.223 e. The molecule has 0 aliphatic carbocycles. The molecule has 4 unspecified atom stereocenters. The molecule has 0 saturated carbocycles. The van der Waals surface area contributed by atoms with Gasteiger partial charge >= 0.3 is 0 Å². The van der Waals surface area contributed by atoms with Crippen molar-refractivity contribution in [3.05, 3.63) is 0 Å². The van der Waals surface area contributed by atoms with Crippen molar-refractivity contribution < 1.29 is 9.59 Å². The van der Waals surface area contributed by atoms with E-state index in [2.05, 4.69) is 27.7 Å². The molecule has 2 saturated heterocycles. The van der Waals surface area contributed by atoms with E-state index in [1.807, 2.05) is 9.80 Å². The highest BCUT2D eigenvalue weighted by Crippen LogP contribution is 2.23. The summed E-state index contributed by atoms with van der Waals surface area (Å²) in [6.45, 7) is 12.2. The SMILES string of the molecule is CC1CC(C)CN(C(=O)CCC(=O)N2CC(C)CC(C)C2)C1. The van der Waals surface area contributed by atoms with Crippen LogP contribution in [0.1, 0.15) is 53.4 Å². The van der Waals surface area contributed by atoms with Crippen LogP contribution in [0.15, 0.2) is 0 Å². The van der Waals surface area contributed by atoms with E-state index in [0.717, 1.165) is 26.2 Å². The number of likely N-dealkylation sites (tertiary alicyclic amines) is 2. The first-order valence-electron chi connectivity index (χ1n) is 8.90. The zero-order valence-corrected chi connectivity index (χ0v) is 14.7. The van der Waals surface area contributed by atoms with Crippen LogP contribution in [0.2, 0.25) is 0 Å². The fourth-order valence-electron chi connectivity index (χ4n) is 4.26. The van der Waals surface area contributed by atoms with E-state index in [-0.39, 0.29) is 11.8 Å². The van der Waals surface area contributed by atoms with Crippen LogP contribution < -0.4 is 0 Å². The number of hydrogen-bond acceptors (Lipinski definition) is 2. The average Bonchev–Trinajstić information content (AvgIpc) is 2.42. The number of rotatable bonds is 3. The second-order valence-corrected chi connectivity index (χ2v) is 7.99. The Bertz CT molecular complexity index is 352. The molecule has 2 fully saturated rings. The molecule has 0 aromatic rings. The summed E-state index contributed by atoms with van der Waals surface area (Å²) in [7, 11) is 0. The van der Waals surface area contributed by atoms with Crippen molar-refractivity contribution in [1.29, 1.82) is 0 Å². The van der Waals surface area contributed by atoms with Gasteiger partial charge in [-0.15, -0.1) is 0 Å². The van der Waals surface area contributed by atoms with Gasteiger partial charge in [0.15, 0.2) is 0 Å². The van der Waals surface area contributed by atoms with Gasteiger partial charge < -0.3 is 9.80 Å². The molecule has 2 heterocycles. The van der Waals surface area contributed by atoms with Crippen molar-refractivity contribution in [1.82, 2.24) is 9.80 Å². The lowest BCUT2D eigenvalue weighted by Gasteiger charge is -2.36. The Morgan fingerprint density at radius 3 is 1.23 bits per heavy atom. The minimum Gasteiger partial charge on any atom is -0.342 e. The predicted octanol–water partition coefficient (Wildman–Crippen LogP) is 2.78. The number of piperidine rings is 2. The minimum absolute atomic E-state index is 0.157. The zero-order chi connectivity index (χ0) is 16.3. The summed E-state index contributed by atoms with van der Waals surface area (Å²) in [6, 6.07) is 0.